The van der Waals surface area contributed by atoms with Gasteiger partial charge in [-0.15, -0.1) is 0 Å². The number of Topliss-reactive ketones (excluding diaryl/α,β-unsaturated/α-hetero) is 1. The average molecular weight is 393 g/mol. The van der Waals surface area contributed by atoms with Crippen molar-refractivity contribution in [3.63, 3.8) is 0 Å². The fraction of sp³-hybridized carbons (Fsp3) is 0.176. The molecule has 9 heteroatoms. The van der Waals surface area contributed by atoms with Gasteiger partial charge in [-0.1, -0.05) is 23.2 Å². The van der Waals surface area contributed by atoms with E-state index in [2.05, 4.69) is 15.4 Å². The van der Waals surface area contributed by atoms with Gasteiger partial charge in [0.1, 0.15) is 5.82 Å². The monoisotopic (exact) mass is 392 g/mol. The summed E-state index contributed by atoms with van der Waals surface area (Å²) in [5.74, 6) is -0.190. The van der Waals surface area contributed by atoms with Gasteiger partial charge in [0.05, 0.1) is 22.7 Å². The minimum Gasteiger partial charge on any atom is -0.464 e. The molecular weight excluding hydrogens is 379 g/mol. The summed E-state index contributed by atoms with van der Waals surface area (Å²) in [5.41, 5.74) is 1.46. The Morgan fingerprint density at radius 3 is 2.54 bits per heavy atom. The van der Waals surface area contributed by atoms with Crippen molar-refractivity contribution in [2.45, 2.75) is 6.42 Å². The number of ether oxygens (including phenoxy) is 1. The van der Waals surface area contributed by atoms with Gasteiger partial charge in [-0.3, -0.25) is 9.78 Å². The summed E-state index contributed by atoms with van der Waals surface area (Å²) < 4.78 is 6.19. The number of ketones is 1. The van der Waals surface area contributed by atoms with Crippen molar-refractivity contribution in [3.8, 4) is 0 Å². The van der Waals surface area contributed by atoms with Crippen LogP contribution >= 0.6 is 23.2 Å². The number of anilines is 1. The van der Waals surface area contributed by atoms with Crippen LogP contribution in [0.15, 0.2) is 30.6 Å². The maximum atomic E-state index is 12.9. The molecule has 0 aromatic carbocycles. The molecule has 0 aliphatic rings. The van der Waals surface area contributed by atoms with Gasteiger partial charge >= 0.3 is 5.97 Å². The van der Waals surface area contributed by atoms with E-state index in [-0.39, 0.29) is 17.9 Å². The third kappa shape index (κ3) is 3.23. The summed E-state index contributed by atoms with van der Waals surface area (Å²) in [6.45, 7) is 0. The normalized spacial score (nSPS) is 10.8. The van der Waals surface area contributed by atoms with Crippen LogP contribution in [0.2, 0.25) is 10.0 Å². The van der Waals surface area contributed by atoms with Gasteiger partial charge in [-0.2, -0.15) is 5.10 Å². The lowest BCUT2D eigenvalue weighted by molar-refractivity contribution is 0.0593. The van der Waals surface area contributed by atoms with E-state index in [1.165, 1.54) is 30.1 Å². The van der Waals surface area contributed by atoms with E-state index < -0.39 is 5.97 Å². The second-order valence-corrected chi connectivity index (χ2v) is 6.20. The molecule has 26 heavy (non-hydrogen) atoms. The minimum absolute atomic E-state index is 0.00646. The number of rotatable bonds is 5. The maximum absolute atomic E-state index is 12.9. The zero-order valence-corrected chi connectivity index (χ0v) is 15.4. The number of methoxy groups -OCH3 is 1. The molecule has 0 saturated carbocycles. The lowest BCUT2D eigenvalue weighted by Crippen LogP contribution is -2.09. The van der Waals surface area contributed by atoms with Crippen LogP contribution in [0.4, 0.5) is 5.82 Å². The van der Waals surface area contributed by atoms with E-state index in [9.17, 15) is 9.59 Å². The van der Waals surface area contributed by atoms with Gasteiger partial charge in [0.2, 0.25) is 0 Å². The second-order valence-electron chi connectivity index (χ2n) is 5.38. The molecule has 0 radical (unpaired) electrons. The molecule has 7 nitrogen and oxygen atoms in total. The maximum Gasteiger partial charge on any atom is 0.358 e. The number of nitrogens with one attached hydrogen (secondary N) is 1. The first-order valence-electron chi connectivity index (χ1n) is 7.56. The third-order valence-corrected chi connectivity index (χ3v) is 4.51. The van der Waals surface area contributed by atoms with Crippen LogP contribution in [-0.4, -0.2) is 40.5 Å². The van der Waals surface area contributed by atoms with Crippen LogP contribution in [0.3, 0.4) is 0 Å². The van der Waals surface area contributed by atoms with Gasteiger partial charge in [-0.05, 0) is 18.2 Å². The first-order valence-corrected chi connectivity index (χ1v) is 8.31. The first kappa shape index (κ1) is 18.2. The molecule has 0 spiro atoms. The number of carbonyl (C=O) groups is 2. The van der Waals surface area contributed by atoms with Crippen LogP contribution in [0.25, 0.3) is 5.52 Å². The molecule has 0 atom stereocenters. The Kier molecular flexibility index (Phi) is 5.11. The van der Waals surface area contributed by atoms with Crippen molar-refractivity contribution in [2.75, 3.05) is 19.5 Å². The summed E-state index contributed by atoms with van der Waals surface area (Å²) in [6, 6.07) is 4.87. The van der Waals surface area contributed by atoms with E-state index in [0.29, 0.717) is 32.5 Å². The molecule has 0 bridgehead atoms. The highest BCUT2D eigenvalue weighted by molar-refractivity contribution is 6.36. The van der Waals surface area contributed by atoms with Crippen molar-refractivity contribution in [3.05, 3.63) is 57.5 Å². The van der Waals surface area contributed by atoms with Crippen molar-refractivity contribution in [2.24, 2.45) is 0 Å². The van der Waals surface area contributed by atoms with Crippen molar-refractivity contribution < 1.29 is 14.3 Å². The number of aromatic nitrogens is 3. The Bertz CT molecular complexity index is 996. The zero-order valence-electron chi connectivity index (χ0n) is 13.9. The smallest absolute Gasteiger partial charge is 0.358 e. The summed E-state index contributed by atoms with van der Waals surface area (Å²) in [5, 5.41) is 7.80. The largest absolute Gasteiger partial charge is 0.464 e. The lowest BCUT2D eigenvalue weighted by Gasteiger charge is -2.09. The highest BCUT2D eigenvalue weighted by Gasteiger charge is 2.20. The molecular formula is C17H14Cl2N4O3. The van der Waals surface area contributed by atoms with E-state index >= 15 is 0 Å². The Morgan fingerprint density at radius 2 is 1.92 bits per heavy atom. The molecule has 0 amide bonds. The third-order valence-electron chi connectivity index (χ3n) is 3.86. The van der Waals surface area contributed by atoms with Crippen LogP contribution in [0.5, 0.6) is 0 Å². The number of hydrogen-bond acceptors (Lipinski definition) is 6. The summed E-state index contributed by atoms with van der Waals surface area (Å²) in [6.07, 6.45) is 2.86. The Hall–Kier alpha value is -2.64. The number of halogens is 2. The minimum atomic E-state index is -0.589. The number of pyridine rings is 2. The second kappa shape index (κ2) is 7.31. The average Bonchev–Trinajstić information content (AvgIpc) is 3.08. The van der Waals surface area contributed by atoms with Crippen LogP contribution in [0, 0.1) is 0 Å². The quantitative estimate of drug-likeness (QED) is 0.529. The van der Waals surface area contributed by atoms with Crippen molar-refractivity contribution in [1.29, 1.82) is 0 Å². The molecule has 0 saturated heterocycles. The van der Waals surface area contributed by atoms with Gasteiger partial charge < -0.3 is 10.1 Å². The Labute approximate surface area is 158 Å². The summed E-state index contributed by atoms with van der Waals surface area (Å²) in [4.78, 5) is 28.5. The van der Waals surface area contributed by atoms with E-state index in [1.54, 1.807) is 19.2 Å². The molecule has 3 aromatic rings. The highest BCUT2D eigenvalue weighted by Crippen LogP contribution is 2.26. The first-order chi connectivity index (χ1) is 12.5. The Morgan fingerprint density at radius 1 is 1.23 bits per heavy atom. The predicted molar refractivity (Wildman–Crippen MR) is 98.4 cm³/mol. The SMILES string of the molecule is CNc1ccc(C(=O)Cc2c(Cl)cncc2Cl)c2cc(C(=O)OC)nn12. The molecule has 134 valence electrons. The van der Waals surface area contributed by atoms with Gasteiger partial charge in [0.15, 0.2) is 11.5 Å². The molecule has 3 heterocycles. The van der Waals surface area contributed by atoms with Gasteiger partial charge in [-0.25, -0.2) is 9.31 Å². The highest BCUT2D eigenvalue weighted by atomic mass is 35.5. The molecule has 0 aliphatic heterocycles. The zero-order chi connectivity index (χ0) is 18.8. The number of nitrogens with zero attached hydrogens (tertiary/aromatic N) is 3. The van der Waals surface area contributed by atoms with E-state index in [1.807, 2.05) is 0 Å². The van der Waals surface area contributed by atoms with Crippen molar-refractivity contribution >= 4 is 46.3 Å². The molecule has 1 N–H and O–H groups in total. The molecule has 3 rings (SSSR count). The van der Waals surface area contributed by atoms with E-state index in [4.69, 9.17) is 27.9 Å². The van der Waals surface area contributed by atoms with Crippen LogP contribution in [-0.2, 0) is 11.2 Å². The van der Waals surface area contributed by atoms with Crippen LogP contribution in [0.1, 0.15) is 26.4 Å². The number of carbonyl (C=O) groups excluding carboxylic acids is 2. The number of hydrogen-bond donors (Lipinski definition) is 1. The lowest BCUT2D eigenvalue weighted by atomic mass is 10.0. The van der Waals surface area contributed by atoms with Gasteiger partial charge in [0, 0.05) is 37.0 Å². The van der Waals surface area contributed by atoms with Gasteiger partial charge in [0.25, 0.3) is 0 Å². The van der Waals surface area contributed by atoms with Crippen LogP contribution < -0.4 is 5.32 Å². The summed E-state index contributed by atoms with van der Waals surface area (Å²) in [7, 11) is 2.98. The van der Waals surface area contributed by atoms with E-state index in [0.717, 1.165) is 0 Å². The Balaban J connectivity index is 2.08. The fourth-order valence-electron chi connectivity index (χ4n) is 2.57. The molecule has 3 aromatic heterocycles. The molecule has 0 unspecified atom stereocenters. The molecule has 0 fully saturated rings. The number of fused-ring (bicyclic) bond motifs is 1. The predicted octanol–water partition coefficient (Wildman–Crippen LogP) is 3.29. The molecule has 0 aliphatic carbocycles. The number of esters is 1. The summed E-state index contributed by atoms with van der Waals surface area (Å²) >= 11 is 12.2. The standard InChI is InChI=1S/C17H14Cl2N4O3/c1-20-16-4-3-9(14-6-13(17(25)26-2)22-23(14)16)15(24)5-10-11(18)7-21-8-12(10)19/h3-4,6-8,20H,5H2,1-2H3. The fourth-order valence-corrected chi connectivity index (χ4v) is 3.07. The topological polar surface area (TPSA) is 85.6 Å². The van der Waals surface area contributed by atoms with Crippen molar-refractivity contribution in [1.82, 2.24) is 14.6 Å².